The smallest absolute Gasteiger partial charge is 0.339 e. The van der Waals surface area contributed by atoms with E-state index >= 15 is 0 Å². The summed E-state index contributed by atoms with van der Waals surface area (Å²) in [6, 6.07) is 23.5. The molecule has 0 unspecified atom stereocenters. The molecule has 4 rings (SSSR count). The summed E-state index contributed by atoms with van der Waals surface area (Å²) in [7, 11) is -4.02. The summed E-state index contributed by atoms with van der Waals surface area (Å²) in [5.74, 6) is -0.0812. The van der Waals surface area contributed by atoms with Crippen LogP contribution in [-0.2, 0) is 10.1 Å². The van der Waals surface area contributed by atoms with E-state index in [1.54, 1.807) is 49.4 Å². The Kier molecular flexibility index (Phi) is 7.27. The number of rotatable bonds is 9. The Morgan fingerprint density at radius 3 is 2.40 bits per heavy atom. The number of amides is 1. The molecule has 8 nitrogen and oxygen atoms in total. The van der Waals surface area contributed by atoms with Crippen molar-refractivity contribution in [2.24, 2.45) is 5.10 Å². The molecule has 0 spiro atoms. The van der Waals surface area contributed by atoms with E-state index in [2.05, 4.69) is 10.5 Å². The summed E-state index contributed by atoms with van der Waals surface area (Å²) in [5.41, 5.74) is 4.30. The predicted octanol–water partition coefficient (Wildman–Crippen LogP) is 4.41. The second-order valence-corrected chi connectivity index (χ2v) is 8.84. The average Bonchev–Trinajstić information content (AvgIpc) is 3.41. The summed E-state index contributed by atoms with van der Waals surface area (Å²) in [4.78, 5) is 12.8. The van der Waals surface area contributed by atoms with E-state index in [4.69, 9.17) is 8.92 Å². The molecule has 0 radical (unpaired) electrons. The Balaban J connectivity index is 1.50. The molecular formula is C26H23N3O5S. The van der Waals surface area contributed by atoms with Crippen molar-refractivity contribution in [3.63, 3.8) is 0 Å². The fourth-order valence-corrected chi connectivity index (χ4v) is 4.27. The lowest BCUT2D eigenvalue weighted by Crippen LogP contribution is -2.19. The average molecular weight is 490 g/mol. The van der Waals surface area contributed by atoms with Crippen LogP contribution >= 0.6 is 0 Å². The molecule has 4 aromatic rings. The lowest BCUT2D eigenvalue weighted by molar-refractivity contribution is 0.0955. The van der Waals surface area contributed by atoms with Gasteiger partial charge in [-0.05, 0) is 67.1 Å². The van der Waals surface area contributed by atoms with Gasteiger partial charge < -0.3 is 13.5 Å². The van der Waals surface area contributed by atoms with Crippen LogP contribution in [0.25, 0.3) is 5.69 Å². The zero-order chi connectivity index (χ0) is 24.7. The van der Waals surface area contributed by atoms with Crippen LogP contribution in [0.5, 0.6) is 11.5 Å². The second-order valence-electron chi connectivity index (χ2n) is 7.30. The Bertz CT molecular complexity index is 1430. The van der Waals surface area contributed by atoms with E-state index in [0.29, 0.717) is 17.7 Å². The number of ether oxygens (including phenoxy) is 1. The maximum Gasteiger partial charge on any atom is 0.339 e. The van der Waals surface area contributed by atoms with Crippen molar-refractivity contribution in [1.29, 1.82) is 0 Å². The lowest BCUT2D eigenvalue weighted by atomic mass is 10.1. The van der Waals surface area contributed by atoms with Crippen LogP contribution in [0.15, 0.2) is 107 Å². The van der Waals surface area contributed by atoms with Gasteiger partial charge in [0.15, 0.2) is 11.5 Å². The lowest BCUT2D eigenvalue weighted by Gasteiger charge is -2.12. The van der Waals surface area contributed by atoms with Gasteiger partial charge in [-0.15, -0.1) is 0 Å². The number of hydrogen-bond donors (Lipinski definition) is 1. The number of hydrazone groups is 1. The Morgan fingerprint density at radius 1 is 0.943 bits per heavy atom. The topological polar surface area (TPSA) is 99.0 Å². The van der Waals surface area contributed by atoms with Crippen molar-refractivity contribution < 1.29 is 22.1 Å². The van der Waals surface area contributed by atoms with Gasteiger partial charge in [0, 0.05) is 12.4 Å². The van der Waals surface area contributed by atoms with Gasteiger partial charge in [-0.2, -0.15) is 13.5 Å². The van der Waals surface area contributed by atoms with Crippen molar-refractivity contribution in [1.82, 2.24) is 9.99 Å². The summed E-state index contributed by atoms with van der Waals surface area (Å²) in [6.45, 7) is 2.08. The van der Waals surface area contributed by atoms with Gasteiger partial charge in [0.05, 0.1) is 24.1 Å². The Hall–Kier alpha value is -4.37. The molecule has 0 aliphatic carbocycles. The van der Waals surface area contributed by atoms with Crippen LogP contribution < -0.4 is 14.3 Å². The maximum absolute atomic E-state index is 12.7. The van der Waals surface area contributed by atoms with Gasteiger partial charge in [-0.3, -0.25) is 4.79 Å². The third-order valence-electron chi connectivity index (χ3n) is 4.91. The molecule has 3 aromatic carbocycles. The molecule has 178 valence electrons. The molecule has 0 aliphatic heterocycles. The van der Waals surface area contributed by atoms with Crippen molar-refractivity contribution >= 4 is 22.2 Å². The third kappa shape index (κ3) is 5.77. The van der Waals surface area contributed by atoms with Gasteiger partial charge in [0.2, 0.25) is 0 Å². The zero-order valence-electron chi connectivity index (χ0n) is 18.9. The molecule has 0 atom stereocenters. The molecule has 1 N–H and O–H groups in total. The third-order valence-corrected chi connectivity index (χ3v) is 6.16. The number of benzene rings is 3. The van der Waals surface area contributed by atoms with Gasteiger partial charge in [0.1, 0.15) is 4.90 Å². The van der Waals surface area contributed by atoms with E-state index in [1.165, 1.54) is 24.4 Å². The standard InChI is InChI=1S/C26H23N3O5S/c1-2-33-25-18-20(14-15-24(25)34-35(31,32)21-10-4-3-5-11-21)19-27-28-26(30)22-12-6-7-13-23(22)29-16-8-9-17-29/h3-19H,2H2,1H3,(H,28,30)/b27-19+. The Labute approximate surface area is 203 Å². The van der Waals surface area contributed by atoms with Crippen LogP contribution in [0.1, 0.15) is 22.8 Å². The monoisotopic (exact) mass is 489 g/mol. The van der Waals surface area contributed by atoms with E-state index in [1.807, 2.05) is 41.2 Å². The normalized spacial score (nSPS) is 11.3. The molecule has 0 fully saturated rings. The molecule has 0 saturated carbocycles. The van der Waals surface area contributed by atoms with Crippen LogP contribution in [0, 0.1) is 0 Å². The van der Waals surface area contributed by atoms with Crippen molar-refractivity contribution in [2.75, 3.05) is 6.61 Å². The first kappa shape index (κ1) is 23.8. The molecule has 35 heavy (non-hydrogen) atoms. The van der Waals surface area contributed by atoms with Crippen molar-refractivity contribution in [3.8, 4) is 17.2 Å². The van der Waals surface area contributed by atoms with Crippen molar-refractivity contribution in [3.05, 3.63) is 108 Å². The SMILES string of the molecule is CCOc1cc(/C=N/NC(=O)c2ccccc2-n2cccc2)ccc1OS(=O)(=O)c1ccccc1. The molecule has 1 aromatic heterocycles. The minimum atomic E-state index is -4.02. The number of carbonyl (C=O) groups excluding carboxylic acids is 1. The highest BCUT2D eigenvalue weighted by atomic mass is 32.2. The highest BCUT2D eigenvalue weighted by Crippen LogP contribution is 2.30. The molecule has 0 bridgehead atoms. The van der Waals surface area contributed by atoms with Crippen LogP contribution in [-0.4, -0.2) is 31.7 Å². The maximum atomic E-state index is 12.7. The van der Waals surface area contributed by atoms with Gasteiger partial charge in [0.25, 0.3) is 5.91 Å². The van der Waals surface area contributed by atoms with Gasteiger partial charge in [-0.1, -0.05) is 30.3 Å². The minimum absolute atomic E-state index is 0.0380. The highest BCUT2D eigenvalue weighted by Gasteiger charge is 2.19. The first-order valence-corrected chi connectivity index (χ1v) is 12.2. The summed E-state index contributed by atoms with van der Waals surface area (Å²) < 4.78 is 37.9. The molecular weight excluding hydrogens is 466 g/mol. The second kappa shape index (κ2) is 10.7. The Morgan fingerprint density at radius 2 is 1.66 bits per heavy atom. The highest BCUT2D eigenvalue weighted by molar-refractivity contribution is 7.87. The summed E-state index contributed by atoms with van der Waals surface area (Å²) in [6.07, 6.45) is 5.15. The van der Waals surface area contributed by atoms with E-state index < -0.39 is 10.1 Å². The fourth-order valence-electron chi connectivity index (χ4n) is 3.31. The molecule has 9 heteroatoms. The molecule has 0 aliphatic rings. The quantitative estimate of drug-likeness (QED) is 0.213. The molecule has 0 saturated heterocycles. The van der Waals surface area contributed by atoms with Crippen LogP contribution in [0.4, 0.5) is 0 Å². The summed E-state index contributed by atoms with van der Waals surface area (Å²) in [5, 5.41) is 4.05. The van der Waals surface area contributed by atoms with E-state index in [9.17, 15) is 13.2 Å². The first-order chi connectivity index (χ1) is 17.0. The van der Waals surface area contributed by atoms with Crippen molar-refractivity contribution in [2.45, 2.75) is 11.8 Å². The number of carbonyl (C=O) groups is 1. The van der Waals surface area contributed by atoms with E-state index in [0.717, 1.165) is 5.69 Å². The molecule has 1 heterocycles. The minimum Gasteiger partial charge on any atom is -0.490 e. The fraction of sp³-hybridized carbons (Fsp3) is 0.0769. The number of nitrogens with one attached hydrogen (secondary N) is 1. The number of hydrogen-bond acceptors (Lipinski definition) is 6. The van der Waals surface area contributed by atoms with Gasteiger partial charge in [-0.25, -0.2) is 5.43 Å². The predicted molar refractivity (Wildman–Crippen MR) is 133 cm³/mol. The van der Waals surface area contributed by atoms with Crippen LogP contribution in [0.3, 0.4) is 0 Å². The number of aromatic nitrogens is 1. The summed E-state index contributed by atoms with van der Waals surface area (Å²) >= 11 is 0. The van der Waals surface area contributed by atoms with Crippen LogP contribution in [0.2, 0.25) is 0 Å². The molecule has 1 amide bonds. The van der Waals surface area contributed by atoms with E-state index in [-0.39, 0.29) is 22.3 Å². The largest absolute Gasteiger partial charge is 0.490 e. The number of para-hydroxylation sites is 1. The van der Waals surface area contributed by atoms with Gasteiger partial charge >= 0.3 is 10.1 Å². The zero-order valence-corrected chi connectivity index (χ0v) is 19.7. The first-order valence-electron chi connectivity index (χ1n) is 10.8. The number of nitrogens with zero attached hydrogens (tertiary/aromatic N) is 2.